The summed E-state index contributed by atoms with van der Waals surface area (Å²) in [5.74, 6) is 0. The fourth-order valence-corrected chi connectivity index (χ4v) is 2.94. The minimum Gasteiger partial charge on any atom is -0.378 e. The van der Waals surface area contributed by atoms with E-state index in [0.29, 0.717) is 16.6 Å². The molecule has 0 atom stereocenters. The van der Waals surface area contributed by atoms with Crippen molar-refractivity contribution in [1.29, 1.82) is 0 Å². The second-order valence-corrected chi connectivity index (χ2v) is 5.80. The Balaban J connectivity index is 2.19. The quantitative estimate of drug-likeness (QED) is 0.856. The standard InChI is InChI=1S/C13H14BrCl2N3/c1-3-10-13(14)12(19(2)18-10)7-17-11-6-8(15)4-5-9(11)16/h4-6,17H,3,7H2,1-2H3. The molecule has 102 valence electrons. The van der Waals surface area contributed by atoms with Gasteiger partial charge < -0.3 is 5.32 Å². The molecule has 3 nitrogen and oxygen atoms in total. The van der Waals surface area contributed by atoms with Crippen LogP contribution >= 0.6 is 39.1 Å². The van der Waals surface area contributed by atoms with Crippen LogP contribution in [-0.4, -0.2) is 9.78 Å². The predicted octanol–water partition coefficient (Wildman–Crippen LogP) is 4.66. The van der Waals surface area contributed by atoms with Gasteiger partial charge in [0.1, 0.15) is 0 Å². The fourth-order valence-electron chi connectivity index (χ4n) is 1.82. The van der Waals surface area contributed by atoms with Crippen LogP contribution in [0.4, 0.5) is 5.69 Å². The molecule has 1 heterocycles. The van der Waals surface area contributed by atoms with Gasteiger partial charge in [0.15, 0.2) is 0 Å². The zero-order valence-electron chi connectivity index (χ0n) is 10.7. The van der Waals surface area contributed by atoms with Crippen LogP contribution in [0.1, 0.15) is 18.3 Å². The number of hydrogen-bond donors (Lipinski definition) is 1. The third-order valence-corrected chi connectivity index (χ3v) is 4.36. The van der Waals surface area contributed by atoms with Crippen LogP contribution in [0, 0.1) is 0 Å². The fraction of sp³-hybridized carbons (Fsp3) is 0.308. The zero-order chi connectivity index (χ0) is 14.0. The number of aromatic nitrogens is 2. The van der Waals surface area contributed by atoms with E-state index in [2.05, 4.69) is 33.3 Å². The van der Waals surface area contributed by atoms with Crippen LogP contribution in [0.5, 0.6) is 0 Å². The Morgan fingerprint density at radius 2 is 2.11 bits per heavy atom. The molecule has 0 saturated carbocycles. The van der Waals surface area contributed by atoms with Crippen LogP contribution in [0.3, 0.4) is 0 Å². The number of hydrogen-bond acceptors (Lipinski definition) is 2. The second kappa shape index (κ2) is 6.16. The van der Waals surface area contributed by atoms with E-state index in [1.54, 1.807) is 12.1 Å². The maximum atomic E-state index is 6.12. The van der Waals surface area contributed by atoms with Gasteiger partial charge in [-0.3, -0.25) is 4.68 Å². The topological polar surface area (TPSA) is 29.9 Å². The lowest BCUT2D eigenvalue weighted by Crippen LogP contribution is -2.06. The molecule has 1 aromatic heterocycles. The molecule has 19 heavy (non-hydrogen) atoms. The Bertz CT molecular complexity index is 596. The highest BCUT2D eigenvalue weighted by molar-refractivity contribution is 9.10. The van der Waals surface area contributed by atoms with Crippen molar-refractivity contribution >= 4 is 44.8 Å². The van der Waals surface area contributed by atoms with Gasteiger partial charge in [-0.15, -0.1) is 0 Å². The molecule has 0 aliphatic carbocycles. The summed E-state index contributed by atoms with van der Waals surface area (Å²) in [4.78, 5) is 0. The minimum absolute atomic E-state index is 0.629. The van der Waals surface area contributed by atoms with Crippen molar-refractivity contribution in [2.24, 2.45) is 7.05 Å². The van der Waals surface area contributed by atoms with Gasteiger partial charge in [0.25, 0.3) is 0 Å². The SMILES string of the molecule is CCc1nn(C)c(CNc2cc(Cl)ccc2Cl)c1Br. The first kappa shape index (κ1) is 14.7. The first-order chi connectivity index (χ1) is 9.02. The Kier molecular flexibility index (Phi) is 4.76. The van der Waals surface area contributed by atoms with Gasteiger partial charge in [-0.1, -0.05) is 30.1 Å². The van der Waals surface area contributed by atoms with Gasteiger partial charge >= 0.3 is 0 Å². The number of aryl methyl sites for hydroxylation is 2. The van der Waals surface area contributed by atoms with Crippen molar-refractivity contribution in [3.8, 4) is 0 Å². The lowest BCUT2D eigenvalue weighted by molar-refractivity contribution is 0.706. The van der Waals surface area contributed by atoms with E-state index in [1.807, 2.05) is 17.8 Å². The van der Waals surface area contributed by atoms with Crippen LogP contribution in [0.15, 0.2) is 22.7 Å². The molecule has 6 heteroatoms. The van der Waals surface area contributed by atoms with Crippen molar-refractivity contribution in [3.63, 3.8) is 0 Å². The summed E-state index contributed by atoms with van der Waals surface area (Å²) >= 11 is 15.7. The summed E-state index contributed by atoms with van der Waals surface area (Å²) in [5, 5.41) is 9.04. The zero-order valence-corrected chi connectivity index (χ0v) is 13.8. The predicted molar refractivity (Wildman–Crippen MR) is 84.1 cm³/mol. The first-order valence-corrected chi connectivity index (χ1v) is 7.47. The smallest absolute Gasteiger partial charge is 0.0767 e. The average Bonchev–Trinajstić information content (AvgIpc) is 2.66. The lowest BCUT2D eigenvalue weighted by Gasteiger charge is -2.09. The molecule has 0 saturated heterocycles. The summed E-state index contributed by atoms with van der Waals surface area (Å²) in [6, 6.07) is 5.36. The molecule has 0 aliphatic heterocycles. The highest BCUT2D eigenvalue weighted by Crippen LogP contribution is 2.27. The van der Waals surface area contributed by atoms with Gasteiger partial charge in [0.05, 0.1) is 33.1 Å². The number of anilines is 1. The minimum atomic E-state index is 0.629. The molecule has 0 unspecified atom stereocenters. The van der Waals surface area contributed by atoms with Crippen molar-refractivity contribution in [2.45, 2.75) is 19.9 Å². The van der Waals surface area contributed by atoms with Gasteiger partial charge in [-0.2, -0.15) is 5.10 Å². The molecule has 0 aliphatic rings. The Hall–Kier alpha value is -0.710. The molecule has 0 radical (unpaired) electrons. The van der Waals surface area contributed by atoms with Crippen molar-refractivity contribution in [3.05, 3.63) is 44.1 Å². The Morgan fingerprint density at radius 1 is 1.37 bits per heavy atom. The summed E-state index contributed by atoms with van der Waals surface area (Å²) in [6.07, 6.45) is 0.895. The lowest BCUT2D eigenvalue weighted by atomic mass is 10.3. The molecule has 1 N–H and O–H groups in total. The van der Waals surface area contributed by atoms with E-state index in [1.165, 1.54) is 0 Å². The van der Waals surface area contributed by atoms with E-state index in [-0.39, 0.29) is 0 Å². The monoisotopic (exact) mass is 361 g/mol. The number of benzene rings is 1. The molecule has 1 aromatic carbocycles. The first-order valence-electron chi connectivity index (χ1n) is 5.92. The summed E-state index contributed by atoms with van der Waals surface area (Å²) in [7, 11) is 1.93. The van der Waals surface area contributed by atoms with Crippen LogP contribution < -0.4 is 5.32 Å². The number of nitrogens with zero attached hydrogens (tertiary/aromatic N) is 2. The van der Waals surface area contributed by atoms with Crippen LogP contribution in [0.2, 0.25) is 10.0 Å². The molecular formula is C13H14BrCl2N3. The third-order valence-electron chi connectivity index (χ3n) is 2.88. The summed E-state index contributed by atoms with van der Waals surface area (Å²) in [6.45, 7) is 2.71. The molecule has 0 amide bonds. The summed E-state index contributed by atoms with van der Waals surface area (Å²) in [5.41, 5.74) is 2.95. The largest absolute Gasteiger partial charge is 0.378 e. The van der Waals surface area contributed by atoms with E-state index >= 15 is 0 Å². The summed E-state index contributed by atoms with van der Waals surface area (Å²) < 4.78 is 2.91. The van der Waals surface area contributed by atoms with Crippen molar-refractivity contribution in [1.82, 2.24) is 9.78 Å². The average molecular weight is 363 g/mol. The van der Waals surface area contributed by atoms with Crippen molar-refractivity contribution < 1.29 is 0 Å². The number of halogens is 3. The van der Waals surface area contributed by atoms with E-state index in [0.717, 1.165) is 28.0 Å². The maximum Gasteiger partial charge on any atom is 0.0767 e. The van der Waals surface area contributed by atoms with Crippen LogP contribution in [0.25, 0.3) is 0 Å². The Labute approximate surface area is 131 Å². The molecule has 2 rings (SSSR count). The van der Waals surface area contributed by atoms with E-state index < -0.39 is 0 Å². The molecular weight excluding hydrogens is 349 g/mol. The number of nitrogens with one attached hydrogen (secondary N) is 1. The third kappa shape index (κ3) is 3.25. The molecule has 0 spiro atoms. The molecule has 2 aromatic rings. The Morgan fingerprint density at radius 3 is 2.74 bits per heavy atom. The maximum absolute atomic E-state index is 6.12. The van der Waals surface area contributed by atoms with Crippen molar-refractivity contribution in [2.75, 3.05) is 5.32 Å². The molecule has 0 bridgehead atoms. The van der Waals surface area contributed by atoms with Gasteiger partial charge in [0.2, 0.25) is 0 Å². The van der Waals surface area contributed by atoms with Crippen LogP contribution in [-0.2, 0) is 20.0 Å². The molecule has 0 fully saturated rings. The second-order valence-electron chi connectivity index (χ2n) is 4.16. The van der Waals surface area contributed by atoms with Gasteiger partial charge in [-0.05, 0) is 40.5 Å². The van der Waals surface area contributed by atoms with E-state index in [9.17, 15) is 0 Å². The van der Waals surface area contributed by atoms with Gasteiger partial charge in [0, 0.05) is 12.1 Å². The normalized spacial score (nSPS) is 10.8. The van der Waals surface area contributed by atoms with Gasteiger partial charge in [-0.25, -0.2) is 0 Å². The number of rotatable bonds is 4. The highest BCUT2D eigenvalue weighted by atomic mass is 79.9. The van der Waals surface area contributed by atoms with E-state index in [4.69, 9.17) is 23.2 Å². The highest BCUT2D eigenvalue weighted by Gasteiger charge is 2.12.